The number of rotatable bonds is 2. The Balaban J connectivity index is 1.42. The number of nitrogens with zero attached hydrogens (tertiary/aromatic N) is 7. The molecule has 3 aromatic rings. The van der Waals surface area contributed by atoms with Crippen LogP contribution in [0.1, 0.15) is 12.0 Å². The number of alkyl halides is 3. The smallest absolute Gasteiger partial charge is 0.350 e. The molecule has 0 spiro atoms. The van der Waals surface area contributed by atoms with Gasteiger partial charge in [0.1, 0.15) is 12.1 Å². The summed E-state index contributed by atoms with van der Waals surface area (Å²) in [5.41, 5.74) is 0.0146. The minimum Gasteiger partial charge on any atom is -0.350 e. The summed E-state index contributed by atoms with van der Waals surface area (Å²) in [6.07, 6.45) is 2.81. The molecule has 2 aliphatic heterocycles. The molecule has 134 valence electrons. The quantitative estimate of drug-likeness (QED) is 0.696. The third-order valence-electron chi connectivity index (χ3n) is 5.08. The number of hydrogen-bond donors (Lipinski definition) is 0. The highest BCUT2D eigenvalue weighted by Gasteiger charge is 2.45. The Bertz CT molecular complexity index is 970. The fraction of sp³-hybridized carbons (Fsp3) is 0.375. The molecule has 2 fully saturated rings. The highest BCUT2D eigenvalue weighted by Crippen LogP contribution is 2.38. The lowest BCUT2D eigenvalue weighted by molar-refractivity contribution is -0.137. The van der Waals surface area contributed by atoms with Crippen LogP contribution in [0.2, 0.25) is 0 Å². The molecule has 5 heterocycles. The average molecular weight is 361 g/mol. The van der Waals surface area contributed by atoms with E-state index in [0.29, 0.717) is 24.6 Å². The molecule has 5 rings (SSSR count). The Morgan fingerprint density at radius 3 is 2.62 bits per heavy atom. The molecule has 0 radical (unpaired) electrons. The number of piperazine rings is 1. The highest BCUT2D eigenvalue weighted by molar-refractivity contribution is 5.66. The number of hydrogen-bond acceptors (Lipinski definition) is 6. The number of pyridine rings is 1. The maximum absolute atomic E-state index is 13.0. The zero-order valence-electron chi connectivity index (χ0n) is 13.5. The molecule has 0 amide bonds. The summed E-state index contributed by atoms with van der Waals surface area (Å²) in [5.74, 6) is 1.13. The van der Waals surface area contributed by atoms with Crippen molar-refractivity contribution in [1.29, 1.82) is 0 Å². The van der Waals surface area contributed by atoms with Gasteiger partial charge in [0.15, 0.2) is 5.82 Å². The summed E-state index contributed by atoms with van der Waals surface area (Å²) >= 11 is 0. The van der Waals surface area contributed by atoms with Crippen molar-refractivity contribution in [3.05, 3.63) is 42.6 Å². The van der Waals surface area contributed by atoms with Crippen molar-refractivity contribution in [2.24, 2.45) is 0 Å². The summed E-state index contributed by atoms with van der Waals surface area (Å²) in [6, 6.07) is 2.38. The van der Waals surface area contributed by atoms with Crippen molar-refractivity contribution >= 4 is 17.3 Å². The SMILES string of the molecule is FC(F)(F)c1ccnc(N2CC3CC2CN3c2nccn3cnnc23)c1. The van der Waals surface area contributed by atoms with E-state index in [-0.39, 0.29) is 12.1 Å². The van der Waals surface area contributed by atoms with Gasteiger partial charge in [0.05, 0.1) is 17.6 Å². The minimum absolute atomic E-state index is 0.0981. The van der Waals surface area contributed by atoms with E-state index in [1.54, 1.807) is 23.1 Å². The largest absolute Gasteiger partial charge is 0.416 e. The average Bonchev–Trinajstić information content (AvgIpc) is 3.35. The van der Waals surface area contributed by atoms with Crippen molar-refractivity contribution in [2.45, 2.75) is 24.7 Å². The topological polar surface area (TPSA) is 62.5 Å². The van der Waals surface area contributed by atoms with Crippen molar-refractivity contribution in [3.8, 4) is 0 Å². The number of halogens is 3. The fourth-order valence-corrected chi connectivity index (χ4v) is 3.91. The van der Waals surface area contributed by atoms with Crippen LogP contribution in [0.3, 0.4) is 0 Å². The van der Waals surface area contributed by atoms with Crippen LogP contribution in [0.25, 0.3) is 5.65 Å². The molecule has 0 aromatic carbocycles. The Morgan fingerprint density at radius 1 is 1.04 bits per heavy atom. The Labute approximate surface area is 146 Å². The second kappa shape index (κ2) is 5.29. The first-order valence-corrected chi connectivity index (χ1v) is 8.21. The summed E-state index contributed by atoms with van der Waals surface area (Å²) in [6.45, 7) is 1.28. The minimum atomic E-state index is -4.37. The molecule has 0 aliphatic carbocycles. The Hall–Kier alpha value is -2.91. The third kappa shape index (κ3) is 2.28. The lowest BCUT2D eigenvalue weighted by Gasteiger charge is -2.35. The number of anilines is 2. The molecular formula is C16H14F3N7. The normalized spacial score (nSPS) is 22.6. The Morgan fingerprint density at radius 2 is 1.85 bits per heavy atom. The van der Waals surface area contributed by atoms with E-state index in [1.165, 1.54) is 6.20 Å². The zero-order chi connectivity index (χ0) is 17.9. The van der Waals surface area contributed by atoms with Crippen molar-refractivity contribution in [2.75, 3.05) is 22.9 Å². The zero-order valence-corrected chi connectivity index (χ0v) is 13.5. The summed E-state index contributed by atoms with van der Waals surface area (Å²) < 4.78 is 40.7. The van der Waals surface area contributed by atoms with Gasteiger partial charge in [0.2, 0.25) is 5.65 Å². The van der Waals surface area contributed by atoms with Crippen LogP contribution in [-0.2, 0) is 6.18 Å². The molecule has 2 atom stereocenters. The van der Waals surface area contributed by atoms with Gasteiger partial charge in [-0.25, -0.2) is 9.97 Å². The molecule has 2 aliphatic rings. The van der Waals surface area contributed by atoms with Gasteiger partial charge in [-0.15, -0.1) is 10.2 Å². The van der Waals surface area contributed by atoms with E-state index < -0.39 is 11.7 Å². The van der Waals surface area contributed by atoms with Gasteiger partial charge in [-0.2, -0.15) is 13.2 Å². The van der Waals surface area contributed by atoms with Gasteiger partial charge in [0, 0.05) is 31.7 Å². The van der Waals surface area contributed by atoms with Crippen LogP contribution in [0.5, 0.6) is 0 Å². The second-order valence-electron chi connectivity index (χ2n) is 6.56. The van der Waals surface area contributed by atoms with Crippen LogP contribution in [0.4, 0.5) is 24.8 Å². The first-order chi connectivity index (χ1) is 12.5. The van der Waals surface area contributed by atoms with Gasteiger partial charge in [-0.05, 0) is 18.6 Å². The molecule has 3 aromatic heterocycles. The molecule has 2 unspecified atom stereocenters. The molecule has 26 heavy (non-hydrogen) atoms. The summed E-state index contributed by atoms with van der Waals surface area (Å²) in [7, 11) is 0. The van der Waals surface area contributed by atoms with Gasteiger partial charge >= 0.3 is 6.18 Å². The predicted octanol–water partition coefficient (Wildman–Crippen LogP) is 2.01. The van der Waals surface area contributed by atoms with Crippen LogP contribution in [0, 0.1) is 0 Å². The van der Waals surface area contributed by atoms with E-state index in [2.05, 4.69) is 25.1 Å². The lowest BCUT2D eigenvalue weighted by atomic mass is 10.2. The van der Waals surface area contributed by atoms with Gasteiger partial charge in [-0.1, -0.05) is 0 Å². The molecular weight excluding hydrogens is 347 g/mol. The third-order valence-corrected chi connectivity index (χ3v) is 5.08. The Kier molecular flexibility index (Phi) is 3.12. The molecule has 7 nitrogen and oxygen atoms in total. The van der Waals surface area contributed by atoms with E-state index in [1.807, 2.05) is 4.90 Å². The monoisotopic (exact) mass is 361 g/mol. The lowest BCUT2D eigenvalue weighted by Crippen LogP contribution is -2.47. The van der Waals surface area contributed by atoms with Crippen LogP contribution in [0.15, 0.2) is 37.1 Å². The van der Waals surface area contributed by atoms with Gasteiger partial charge in [0.25, 0.3) is 0 Å². The summed E-state index contributed by atoms with van der Waals surface area (Å²) in [4.78, 5) is 12.7. The molecule has 2 bridgehead atoms. The second-order valence-corrected chi connectivity index (χ2v) is 6.56. The van der Waals surface area contributed by atoms with Crippen molar-refractivity contribution in [3.63, 3.8) is 0 Å². The fourth-order valence-electron chi connectivity index (χ4n) is 3.91. The first-order valence-electron chi connectivity index (χ1n) is 8.21. The van der Waals surface area contributed by atoms with E-state index in [4.69, 9.17) is 0 Å². The molecule has 2 saturated heterocycles. The van der Waals surface area contributed by atoms with Crippen molar-refractivity contribution in [1.82, 2.24) is 24.6 Å². The van der Waals surface area contributed by atoms with E-state index in [9.17, 15) is 13.2 Å². The van der Waals surface area contributed by atoms with Crippen LogP contribution in [-0.4, -0.2) is 49.7 Å². The van der Waals surface area contributed by atoms with E-state index >= 15 is 0 Å². The maximum Gasteiger partial charge on any atom is 0.416 e. The maximum atomic E-state index is 13.0. The molecule has 0 saturated carbocycles. The van der Waals surface area contributed by atoms with Crippen LogP contribution < -0.4 is 9.80 Å². The number of fused-ring (bicyclic) bond motifs is 3. The van der Waals surface area contributed by atoms with Crippen LogP contribution >= 0.6 is 0 Å². The van der Waals surface area contributed by atoms with E-state index in [0.717, 1.165) is 24.4 Å². The molecule has 0 N–H and O–H groups in total. The number of aromatic nitrogens is 5. The van der Waals surface area contributed by atoms with Crippen molar-refractivity contribution < 1.29 is 13.2 Å². The first kappa shape index (κ1) is 15.4. The van der Waals surface area contributed by atoms with Gasteiger partial charge in [-0.3, -0.25) is 4.40 Å². The predicted molar refractivity (Wildman–Crippen MR) is 86.9 cm³/mol. The highest BCUT2D eigenvalue weighted by atomic mass is 19.4. The summed E-state index contributed by atoms with van der Waals surface area (Å²) in [5, 5.41) is 8.03. The van der Waals surface area contributed by atoms with Gasteiger partial charge < -0.3 is 9.80 Å². The molecule has 10 heteroatoms. The standard InChI is InChI=1S/C16H14F3N7/c17-16(18,19)10-1-2-20-13(5-10)25-7-12-6-11(25)8-26(12)14-15-23-22-9-24(15)4-3-21-14/h1-5,9,11-12H,6-8H2.